The zero-order valence-corrected chi connectivity index (χ0v) is 11.9. The highest BCUT2D eigenvalue weighted by Gasteiger charge is 2.16. The van der Waals surface area contributed by atoms with Crippen LogP contribution in [0.1, 0.15) is 16.1 Å². The Hall–Kier alpha value is -2.60. The van der Waals surface area contributed by atoms with Crippen molar-refractivity contribution in [1.29, 1.82) is 0 Å². The van der Waals surface area contributed by atoms with Gasteiger partial charge in [0.2, 0.25) is 11.5 Å². The molecule has 1 aromatic heterocycles. The molecule has 0 saturated carbocycles. The lowest BCUT2D eigenvalue weighted by Crippen LogP contribution is -2.24. The van der Waals surface area contributed by atoms with E-state index in [1.165, 1.54) is 13.2 Å². The van der Waals surface area contributed by atoms with Crippen molar-refractivity contribution >= 4 is 23.4 Å². The molecule has 0 unspecified atom stereocenters. The number of pyridine rings is 1. The number of H-pyrrole nitrogens is 1. The van der Waals surface area contributed by atoms with E-state index in [1.54, 1.807) is 36.5 Å². The number of hydrogen-bond donors (Lipinski definition) is 1. The van der Waals surface area contributed by atoms with E-state index in [9.17, 15) is 4.79 Å². The van der Waals surface area contributed by atoms with Gasteiger partial charge in [-0.25, -0.2) is 9.78 Å². The summed E-state index contributed by atoms with van der Waals surface area (Å²) in [6.45, 7) is 0. The molecular formula is C14H13ClN3O3+. The van der Waals surface area contributed by atoms with E-state index >= 15 is 0 Å². The fourth-order valence-electron chi connectivity index (χ4n) is 1.58. The van der Waals surface area contributed by atoms with Crippen LogP contribution in [0.15, 0.2) is 47.8 Å². The second kappa shape index (κ2) is 6.71. The Labute approximate surface area is 126 Å². The summed E-state index contributed by atoms with van der Waals surface area (Å²) >= 11 is 5.85. The van der Waals surface area contributed by atoms with Gasteiger partial charge in [0.1, 0.15) is 11.3 Å². The molecule has 0 saturated heterocycles. The van der Waals surface area contributed by atoms with E-state index in [0.29, 0.717) is 16.5 Å². The highest BCUT2D eigenvalue weighted by molar-refractivity contribution is 6.31. The molecule has 7 heteroatoms. The number of hydrogen-bond acceptors (Lipinski definition) is 4. The van der Waals surface area contributed by atoms with Crippen LogP contribution in [0.4, 0.5) is 0 Å². The Kier molecular flexibility index (Phi) is 4.73. The van der Waals surface area contributed by atoms with E-state index in [0.717, 1.165) is 0 Å². The van der Waals surface area contributed by atoms with Crippen LogP contribution >= 0.6 is 11.6 Å². The monoisotopic (exact) mass is 306 g/mol. The zero-order valence-electron chi connectivity index (χ0n) is 11.2. The first-order valence-corrected chi connectivity index (χ1v) is 6.35. The molecule has 108 valence electrons. The molecule has 2 rings (SSSR count). The van der Waals surface area contributed by atoms with Crippen LogP contribution < -0.4 is 15.5 Å². The van der Waals surface area contributed by atoms with Crippen molar-refractivity contribution < 1.29 is 19.4 Å². The Morgan fingerprint density at radius 3 is 2.81 bits per heavy atom. The van der Waals surface area contributed by atoms with Crippen molar-refractivity contribution in [2.45, 2.75) is 0 Å². The molecule has 0 fully saturated rings. The Morgan fingerprint density at radius 2 is 2.14 bits per heavy atom. The number of amidine groups is 1. The number of benzene rings is 1. The third kappa shape index (κ3) is 3.70. The fourth-order valence-corrected chi connectivity index (χ4v) is 1.75. The molecule has 3 N–H and O–H groups in total. The molecule has 21 heavy (non-hydrogen) atoms. The molecule has 0 atom stereocenters. The zero-order chi connectivity index (χ0) is 15.2. The number of aromatic nitrogens is 1. The minimum Gasteiger partial charge on any atom is -0.496 e. The van der Waals surface area contributed by atoms with Gasteiger partial charge in [-0.15, -0.1) is 0 Å². The van der Waals surface area contributed by atoms with E-state index < -0.39 is 5.97 Å². The maximum absolute atomic E-state index is 12.0. The maximum atomic E-state index is 12.0. The number of nitrogens with zero attached hydrogens (tertiary/aromatic N) is 1. The Bertz CT molecular complexity index is 674. The van der Waals surface area contributed by atoms with Gasteiger partial charge in [0.05, 0.1) is 7.11 Å². The Balaban J connectivity index is 2.17. The summed E-state index contributed by atoms with van der Waals surface area (Å²) in [5.41, 5.74) is 6.40. The van der Waals surface area contributed by atoms with Crippen LogP contribution in [0.25, 0.3) is 0 Å². The number of nitrogens with two attached hydrogens (primary N) is 1. The predicted octanol–water partition coefficient (Wildman–Crippen LogP) is 1.64. The average Bonchev–Trinajstić information content (AvgIpc) is 2.53. The van der Waals surface area contributed by atoms with Gasteiger partial charge in [0.15, 0.2) is 6.20 Å². The minimum absolute atomic E-state index is 0.0462. The number of nitrogens with one attached hydrogen (secondary N) is 1. The molecule has 1 aromatic carbocycles. The number of carbonyl (C=O) groups is 1. The average molecular weight is 307 g/mol. The molecule has 0 aliphatic heterocycles. The van der Waals surface area contributed by atoms with E-state index in [1.807, 2.05) is 0 Å². The molecule has 0 bridgehead atoms. The van der Waals surface area contributed by atoms with Gasteiger partial charge in [-0.05, 0) is 24.3 Å². The maximum Gasteiger partial charge on any atom is 0.369 e. The number of aromatic amines is 1. The quantitative estimate of drug-likeness (QED) is 0.402. The molecule has 0 spiro atoms. The van der Waals surface area contributed by atoms with Crippen LogP contribution in [0.2, 0.25) is 5.02 Å². The van der Waals surface area contributed by atoms with Crippen molar-refractivity contribution in [2.24, 2.45) is 10.9 Å². The first-order chi connectivity index (χ1) is 10.1. The van der Waals surface area contributed by atoms with Gasteiger partial charge < -0.3 is 15.3 Å². The lowest BCUT2D eigenvalue weighted by Gasteiger charge is -2.06. The van der Waals surface area contributed by atoms with E-state index in [-0.39, 0.29) is 11.4 Å². The topological polar surface area (TPSA) is 88.0 Å². The molecule has 0 radical (unpaired) electrons. The summed E-state index contributed by atoms with van der Waals surface area (Å²) in [6.07, 6.45) is 1.68. The highest BCUT2D eigenvalue weighted by Crippen LogP contribution is 2.23. The minimum atomic E-state index is -0.715. The summed E-state index contributed by atoms with van der Waals surface area (Å²) in [6, 6.07) is 9.87. The third-order valence-electron chi connectivity index (χ3n) is 2.59. The van der Waals surface area contributed by atoms with Crippen molar-refractivity contribution in [3.05, 3.63) is 58.9 Å². The molecular weight excluding hydrogens is 294 g/mol. The molecule has 0 amide bonds. The number of halogens is 1. The van der Waals surface area contributed by atoms with Gasteiger partial charge >= 0.3 is 5.97 Å². The summed E-state index contributed by atoms with van der Waals surface area (Å²) in [5.74, 6) is -0.331. The third-order valence-corrected chi connectivity index (χ3v) is 2.83. The molecule has 0 aliphatic carbocycles. The van der Waals surface area contributed by atoms with Crippen LogP contribution in [0.5, 0.6) is 5.75 Å². The van der Waals surface area contributed by atoms with Crippen molar-refractivity contribution in [3.8, 4) is 5.75 Å². The second-order valence-corrected chi connectivity index (χ2v) is 4.41. The first-order valence-electron chi connectivity index (χ1n) is 5.97. The summed E-state index contributed by atoms with van der Waals surface area (Å²) in [7, 11) is 1.44. The lowest BCUT2D eigenvalue weighted by molar-refractivity contribution is -0.380. The largest absolute Gasteiger partial charge is 0.496 e. The predicted molar refractivity (Wildman–Crippen MR) is 77.1 cm³/mol. The van der Waals surface area contributed by atoms with E-state index in [4.69, 9.17) is 26.9 Å². The van der Waals surface area contributed by atoms with Gasteiger partial charge in [-0.2, -0.15) is 0 Å². The van der Waals surface area contributed by atoms with Crippen molar-refractivity contribution in [1.82, 2.24) is 0 Å². The SMILES string of the molecule is COc1ccc(Cl)cc1C(=O)ON=C(N)c1cccc[nH+]1. The molecule has 1 heterocycles. The van der Waals surface area contributed by atoms with Crippen LogP contribution in [0, 0.1) is 0 Å². The van der Waals surface area contributed by atoms with Crippen LogP contribution in [0.3, 0.4) is 0 Å². The number of rotatable bonds is 4. The van der Waals surface area contributed by atoms with Crippen LogP contribution in [-0.2, 0) is 4.84 Å². The van der Waals surface area contributed by atoms with Crippen molar-refractivity contribution in [3.63, 3.8) is 0 Å². The fraction of sp³-hybridized carbons (Fsp3) is 0.0714. The van der Waals surface area contributed by atoms with Gasteiger partial charge in [0, 0.05) is 17.2 Å². The summed E-state index contributed by atoms with van der Waals surface area (Å²) in [4.78, 5) is 19.7. The van der Waals surface area contributed by atoms with Crippen LogP contribution in [-0.4, -0.2) is 18.9 Å². The first kappa shape index (κ1) is 14.8. The molecule has 2 aromatic rings. The number of oxime groups is 1. The lowest BCUT2D eigenvalue weighted by atomic mass is 10.2. The highest BCUT2D eigenvalue weighted by atomic mass is 35.5. The smallest absolute Gasteiger partial charge is 0.369 e. The summed E-state index contributed by atoms with van der Waals surface area (Å²) < 4.78 is 5.07. The van der Waals surface area contributed by atoms with Gasteiger partial charge in [-0.3, -0.25) is 0 Å². The molecule has 6 nitrogen and oxygen atoms in total. The Morgan fingerprint density at radius 1 is 1.33 bits per heavy atom. The van der Waals surface area contributed by atoms with E-state index in [2.05, 4.69) is 10.1 Å². The second-order valence-electron chi connectivity index (χ2n) is 3.98. The number of carbonyl (C=O) groups excluding carboxylic acids is 1. The summed E-state index contributed by atoms with van der Waals surface area (Å²) in [5, 5.41) is 3.98. The van der Waals surface area contributed by atoms with Gasteiger partial charge in [0.25, 0.3) is 0 Å². The standard InChI is InChI=1S/C14H12ClN3O3/c1-20-12-6-5-9(15)8-10(12)14(19)21-18-13(16)11-4-2-3-7-17-11/h2-8H,1H3,(H2,16,18)/p+1. The number of methoxy groups -OCH3 is 1. The van der Waals surface area contributed by atoms with Crippen molar-refractivity contribution in [2.75, 3.05) is 7.11 Å². The molecule has 0 aliphatic rings. The van der Waals surface area contributed by atoms with Gasteiger partial charge in [-0.1, -0.05) is 16.8 Å². The number of ether oxygens (including phenoxy) is 1. The normalized spacial score (nSPS) is 11.0.